The molecule has 0 aliphatic carbocycles. The van der Waals surface area contributed by atoms with Crippen LogP contribution in [-0.2, 0) is 21.4 Å². The van der Waals surface area contributed by atoms with Gasteiger partial charge in [0, 0.05) is 29.9 Å². The Labute approximate surface area is 151 Å². The molecule has 130 valence electrons. The smallest absolute Gasteiger partial charge is 0.240 e. The predicted octanol–water partition coefficient (Wildman–Crippen LogP) is 3.04. The van der Waals surface area contributed by atoms with Gasteiger partial charge >= 0.3 is 0 Å². The molecule has 0 bridgehead atoms. The van der Waals surface area contributed by atoms with E-state index in [1.54, 1.807) is 35.4 Å². The number of rotatable bonds is 7. The van der Waals surface area contributed by atoms with Gasteiger partial charge in [0.25, 0.3) is 0 Å². The number of benzene rings is 1. The maximum Gasteiger partial charge on any atom is 0.240 e. The Morgan fingerprint density at radius 2 is 2.08 bits per heavy atom. The topological polar surface area (TPSA) is 66.5 Å². The third-order valence-electron chi connectivity index (χ3n) is 3.51. The summed E-state index contributed by atoms with van der Waals surface area (Å²) in [6.45, 7) is 2.58. The molecule has 24 heavy (non-hydrogen) atoms. The molecule has 0 aliphatic heterocycles. The van der Waals surface area contributed by atoms with Crippen molar-refractivity contribution in [2.75, 3.05) is 13.6 Å². The first-order valence-electron chi connectivity index (χ1n) is 7.32. The van der Waals surface area contributed by atoms with Crippen molar-refractivity contribution in [2.24, 2.45) is 0 Å². The van der Waals surface area contributed by atoms with Crippen molar-refractivity contribution in [3.05, 3.63) is 51.2 Å². The molecule has 2 aromatic rings. The number of amides is 1. The Morgan fingerprint density at radius 3 is 2.71 bits per heavy atom. The number of hydrogen-bond acceptors (Lipinski definition) is 4. The highest BCUT2D eigenvalue weighted by Gasteiger charge is 2.16. The van der Waals surface area contributed by atoms with Gasteiger partial charge in [-0.2, -0.15) is 0 Å². The number of aryl methyl sites for hydroxylation is 1. The number of carbonyl (C=O) groups excluding carboxylic acids is 1. The Morgan fingerprint density at radius 1 is 1.33 bits per heavy atom. The number of halogens is 1. The minimum Gasteiger partial charge on any atom is -0.341 e. The summed E-state index contributed by atoms with van der Waals surface area (Å²) >= 11 is 7.41. The van der Waals surface area contributed by atoms with E-state index in [1.807, 2.05) is 18.4 Å². The monoisotopic (exact) mass is 386 g/mol. The van der Waals surface area contributed by atoms with Crippen LogP contribution in [0.1, 0.15) is 16.9 Å². The summed E-state index contributed by atoms with van der Waals surface area (Å²) in [7, 11) is -1.95. The van der Waals surface area contributed by atoms with E-state index in [0.717, 1.165) is 10.4 Å². The summed E-state index contributed by atoms with van der Waals surface area (Å²) in [5.41, 5.74) is 1.15. The van der Waals surface area contributed by atoms with Gasteiger partial charge in [0.05, 0.1) is 11.4 Å². The van der Waals surface area contributed by atoms with Crippen LogP contribution >= 0.6 is 22.9 Å². The third kappa shape index (κ3) is 5.04. The van der Waals surface area contributed by atoms with E-state index in [0.29, 0.717) is 11.6 Å². The molecule has 1 aromatic carbocycles. The summed E-state index contributed by atoms with van der Waals surface area (Å²) in [4.78, 5) is 15.0. The zero-order valence-electron chi connectivity index (χ0n) is 13.5. The predicted molar refractivity (Wildman–Crippen MR) is 96.8 cm³/mol. The standard InChI is InChI=1S/C16H19ClN2O3S2/c1-12-7-9-23-15(12)11-19(2)16(20)6-8-18-24(21,22)14-5-3-4-13(17)10-14/h3-5,7,9-10,18H,6,8,11H2,1-2H3. The van der Waals surface area contributed by atoms with E-state index in [9.17, 15) is 13.2 Å². The molecule has 0 aliphatic rings. The maximum atomic E-state index is 12.1. The lowest BCUT2D eigenvalue weighted by molar-refractivity contribution is -0.130. The van der Waals surface area contributed by atoms with Gasteiger partial charge < -0.3 is 4.90 Å². The van der Waals surface area contributed by atoms with Crippen molar-refractivity contribution >= 4 is 38.9 Å². The number of hydrogen-bond donors (Lipinski definition) is 1. The highest BCUT2D eigenvalue weighted by Crippen LogP contribution is 2.18. The molecule has 0 saturated heterocycles. The summed E-state index contributed by atoms with van der Waals surface area (Å²) in [6, 6.07) is 8.02. The van der Waals surface area contributed by atoms with E-state index >= 15 is 0 Å². The molecule has 0 atom stereocenters. The average molecular weight is 387 g/mol. The van der Waals surface area contributed by atoms with Crippen molar-refractivity contribution in [1.82, 2.24) is 9.62 Å². The summed E-state index contributed by atoms with van der Waals surface area (Å²) < 4.78 is 26.7. The first-order valence-corrected chi connectivity index (χ1v) is 10.1. The lowest BCUT2D eigenvalue weighted by atomic mass is 10.2. The molecule has 0 radical (unpaired) electrons. The molecule has 1 heterocycles. The Bertz CT molecular complexity index is 818. The largest absolute Gasteiger partial charge is 0.341 e. The second kappa shape index (κ2) is 8.11. The molecule has 1 amide bonds. The molecule has 5 nitrogen and oxygen atoms in total. The fourth-order valence-electron chi connectivity index (χ4n) is 2.07. The van der Waals surface area contributed by atoms with Crippen LogP contribution in [0.15, 0.2) is 40.6 Å². The molecular formula is C16H19ClN2O3S2. The fraction of sp³-hybridized carbons (Fsp3) is 0.312. The summed E-state index contributed by atoms with van der Waals surface area (Å²) in [5, 5.41) is 2.34. The Balaban J connectivity index is 1.86. The SMILES string of the molecule is Cc1ccsc1CN(C)C(=O)CCNS(=O)(=O)c1cccc(Cl)c1. The van der Waals surface area contributed by atoms with Crippen LogP contribution < -0.4 is 4.72 Å². The molecular weight excluding hydrogens is 368 g/mol. The first-order chi connectivity index (χ1) is 11.3. The molecule has 0 unspecified atom stereocenters. The van der Waals surface area contributed by atoms with Crippen LogP contribution in [-0.4, -0.2) is 32.8 Å². The van der Waals surface area contributed by atoms with Crippen molar-refractivity contribution in [3.63, 3.8) is 0 Å². The molecule has 0 fully saturated rings. The van der Waals surface area contributed by atoms with Crippen LogP contribution in [0, 0.1) is 6.92 Å². The molecule has 0 spiro atoms. The van der Waals surface area contributed by atoms with Crippen LogP contribution in [0.3, 0.4) is 0 Å². The van der Waals surface area contributed by atoms with Crippen LogP contribution in [0.25, 0.3) is 0 Å². The van der Waals surface area contributed by atoms with Gasteiger partial charge in [0.15, 0.2) is 0 Å². The van der Waals surface area contributed by atoms with Gasteiger partial charge in [-0.15, -0.1) is 11.3 Å². The van der Waals surface area contributed by atoms with E-state index in [1.165, 1.54) is 12.1 Å². The number of thiophene rings is 1. The molecule has 1 aromatic heterocycles. The van der Waals surface area contributed by atoms with Crippen LogP contribution in [0.4, 0.5) is 0 Å². The molecule has 0 saturated carbocycles. The van der Waals surface area contributed by atoms with Crippen molar-refractivity contribution in [2.45, 2.75) is 24.8 Å². The second-order valence-corrected chi connectivity index (χ2v) is 8.59. The summed E-state index contributed by atoms with van der Waals surface area (Å²) in [6.07, 6.45) is 0.0979. The van der Waals surface area contributed by atoms with Gasteiger partial charge in [-0.3, -0.25) is 4.79 Å². The molecule has 1 N–H and O–H groups in total. The number of sulfonamides is 1. The van der Waals surface area contributed by atoms with Gasteiger partial charge in [-0.05, 0) is 42.1 Å². The van der Waals surface area contributed by atoms with Gasteiger partial charge in [0.2, 0.25) is 15.9 Å². The number of nitrogens with one attached hydrogen (secondary N) is 1. The average Bonchev–Trinajstić information content (AvgIpc) is 2.92. The van der Waals surface area contributed by atoms with Gasteiger partial charge in [-0.1, -0.05) is 17.7 Å². The number of nitrogens with zero attached hydrogens (tertiary/aromatic N) is 1. The zero-order chi connectivity index (χ0) is 17.7. The van der Waals surface area contributed by atoms with Crippen LogP contribution in [0.5, 0.6) is 0 Å². The first kappa shape index (κ1) is 18.9. The lowest BCUT2D eigenvalue weighted by Gasteiger charge is -2.17. The second-order valence-electron chi connectivity index (χ2n) is 5.38. The van der Waals surface area contributed by atoms with E-state index < -0.39 is 10.0 Å². The summed E-state index contributed by atoms with van der Waals surface area (Å²) in [5.74, 6) is -0.114. The highest BCUT2D eigenvalue weighted by molar-refractivity contribution is 7.89. The number of carbonyl (C=O) groups is 1. The molecule has 2 rings (SSSR count). The van der Waals surface area contributed by atoms with E-state index in [4.69, 9.17) is 11.6 Å². The Kier molecular flexibility index (Phi) is 6.40. The fourth-order valence-corrected chi connectivity index (χ4v) is 4.36. The zero-order valence-corrected chi connectivity index (χ0v) is 15.8. The van der Waals surface area contributed by atoms with Crippen molar-refractivity contribution in [1.29, 1.82) is 0 Å². The van der Waals surface area contributed by atoms with Crippen LogP contribution in [0.2, 0.25) is 5.02 Å². The van der Waals surface area contributed by atoms with Gasteiger partial charge in [-0.25, -0.2) is 13.1 Å². The third-order valence-corrected chi connectivity index (χ3v) is 6.21. The minimum absolute atomic E-state index is 0.0431. The maximum absolute atomic E-state index is 12.1. The van der Waals surface area contributed by atoms with Gasteiger partial charge in [0.1, 0.15) is 0 Å². The lowest BCUT2D eigenvalue weighted by Crippen LogP contribution is -2.31. The van der Waals surface area contributed by atoms with Crippen molar-refractivity contribution in [3.8, 4) is 0 Å². The Hall–Kier alpha value is -1.41. The van der Waals surface area contributed by atoms with Crippen molar-refractivity contribution < 1.29 is 13.2 Å². The highest BCUT2D eigenvalue weighted by atomic mass is 35.5. The quantitative estimate of drug-likeness (QED) is 0.795. The molecule has 8 heteroatoms. The van der Waals surface area contributed by atoms with E-state index in [2.05, 4.69) is 4.72 Å². The van der Waals surface area contributed by atoms with E-state index in [-0.39, 0.29) is 23.8 Å². The normalized spacial score (nSPS) is 11.5. The minimum atomic E-state index is -3.66.